The van der Waals surface area contributed by atoms with E-state index in [9.17, 15) is 0 Å². The van der Waals surface area contributed by atoms with Gasteiger partial charge in [-0.1, -0.05) is 17.7 Å². The molecule has 2 aromatic heterocycles. The van der Waals surface area contributed by atoms with Gasteiger partial charge < -0.3 is 0 Å². The molecule has 5 heteroatoms. The summed E-state index contributed by atoms with van der Waals surface area (Å²) in [6.45, 7) is 9.98. The van der Waals surface area contributed by atoms with Gasteiger partial charge in [0.25, 0.3) is 0 Å². The van der Waals surface area contributed by atoms with Crippen LogP contribution in [0.25, 0.3) is 11.5 Å². The van der Waals surface area contributed by atoms with Gasteiger partial charge in [-0.25, -0.2) is 9.97 Å². The van der Waals surface area contributed by atoms with Gasteiger partial charge >= 0.3 is 0 Å². The first-order valence-electron chi connectivity index (χ1n) is 9.99. The van der Waals surface area contributed by atoms with E-state index in [4.69, 9.17) is 0 Å². The molecule has 3 fully saturated rings. The van der Waals surface area contributed by atoms with Crippen molar-refractivity contribution in [2.75, 3.05) is 26.2 Å². The van der Waals surface area contributed by atoms with Crippen molar-refractivity contribution in [2.45, 2.75) is 39.3 Å². The van der Waals surface area contributed by atoms with Crippen molar-refractivity contribution >= 4 is 0 Å². The Bertz CT molecular complexity index is 767. The van der Waals surface area contributed by atoms with Crippen molar-refractivity contribution < 1.29 is 0 Å². The highest BCUT2D eigenvalue weighted by atomic mass is 15.3. The van der Waals surface area contributed by atoms with Crippen LogP contribution < -0.4 is 0 Å². The third-order valence-corrected chi connectivity index (χ3v) is 5.64. The molecule has 0 saturated carbocycles. The molecule has 0 N–H and O–H groups in total. The summed E-state index contributed by atoms with van der Waals surface area (Å²) in [6.07, 6.45) is 10.8. The second-order valence-corrected chi connectivity index (χ2v) is 8.16. The number of allylic oxidation sites excluding steroid dienone is 1. The van der Waals surface area contributed by atoms with E-state index in [0.717, 1.165) is 31.2 Å². The lowest BCUT2D eigenvalue weighted by molar-refractivity contribution is 0.146. The van der Waals surface area contributed by atoms with Gasteiger partial charge in [0.15, 0.2) is 5.82 Å². The molecule has 0 radical (unpaired) electrons. The molecule has 5 heterocycles. The molecular weight excluding hydrogens is 334 g/mol. The van der Waals surface area contributed by atoms with Gasteiger partial charge in [-0.15, -0.1) is 0 Å². The van der Waals surface area contributed by atoms with Crippen LogP contribution in [0.2, 0.25) is 0 Å². The minimum Gasteiger partial charge on any atom is -0.297 e. The summed E-state index contributed by atoms with van der Waals surface area (Å²) in [5.74, 6) is 1.48. The lowest BCUT2D eigenvalue weighted by Gasteiger charge is -2.35. The molecule has 0 spiro atoms. The van der Waals surface area contributed by atoms with Crippen LogP contribution >= 0.6 is 0 Å². The number of aromatic nitrogens is 3. The van der Waals surface area contributed by atoms with Gasteiger partial charge in [0, 0.05) is 62.9 Å². The zero-order chi connectivity index (χ0) is 18.6. The number of fused-ring (bicyclic) bond motifs is 4. The minimum absolute atomic E-state index is 0.674. The van der Waals surface area contributed by atoms with Crippen molar-refractivity contribution in [1.82, 2.24) is 24.8 Å². The van der Waals surface area contributed by atoms with Crippen molar-refractivity contribution in [1.29, 1.82) is 0 Å². The number of rotatable bonds is 5. The predicted octanol–water partition coefficient (Wildman–Crippen LogP) is 3.40. The normalized spacial score (nSPS) is 23.2. The second-order valence-electron chi connectivity index (χ2n) is 8.16. The standard InChI is InChI=1S/C22H29N5/c1-17(2)8-10-27-15-18-6-7-20(27)16-26(13-18)14-19-11-24-22(25-12-19)21-5-3-4-9-23-21/h3-5,8-9,11-12,18,20H,6-7,10,13-16H2,1-2H3/t18-,20+/m1/s1. The number of hydrogen-bond acceptors (Lipinski definition) is 5. The molecule has 0 unspecified atom stereocenters. The number of nitrogens with zero attached hydrogens (tertiary/aromatic N) is 5. The third-order valence-electron chi connectivity index (χ3n) is 5.64. The summed E-state index contributed by atoms with van der Waals surface area (Å²) in [5, 5.41) is 0. The summed E-state index contributed by atoms with van der Waals surface area (Å²) >= 11 is 0. The van der Waals surface area contributed by atoms with Gasteiger partial charge in [0.2, 0.25) is 0 Å². The average molecular weight is 364 g/mol. The maximum atomic E-state index is 4.54. The van der Waals surface area contributed by atoms with Crippen molar-refractivity contribution in [3.8, 4) is 11.5 Å². The van der Waals surface area contributed by atoms with Crippen molar-refractivity contribution in [3.05, 3.63) is 54.0 Å². The van der Waals surface area contributed by atoms with E-state index in [1.165, 1.54) is 37.1 Å². The number of pyridine rings is 1. The van der Waals surface area contributed by atoms with Gasteiger partial charge in [0.1, 0.15) is 5.69 Å². The van der Waals surface area contributed by atoms with Gasteiger partial charge in [0.05, 0.1) is 0 Å². The Morgan fingerprint density at radius 3 is 2.67 bits per heavy atom. The fraction of sp³-hybridized carbons (Fsp3) is 0.500. The van der Waals surface area contributed by atoms with Crippen LogP contribution in [0.3, 0.4) is 0 Å². The van der Waals surface area contributed by atoms with E-state index in [0.29, 0.717) is 11.9 Å². The highest BCUT2D eigenvalue weighted by Gasteiger charge is 2.34. The first-order chi connectivity index (χ1) is 13.2. The fourth-order valence-corrected chi connectivity index (χ4v) is 4.25. The minimum atomic E-state index is 0.674. The first-order valence-corrected chi connectivity index (χ1v) is 9.99. The SMILES string of the molecule is CC(C)=CCN1C[C@@H]2CC[C@H]1CN(Cc1cnc(-c3ccccn3)nc1)C2. The van der Waals surface area contributed by atoms with Crippen LogP contribution in [0.1, 0.15) is 32.3 Å². The van der Waals surface area contributed by atoms with E-state index in [-0.39, 0.29) is 0 Å². The van der Waals surface area contributed by atoms with E-state index < -0.39 is 0 Å². The molecule has 3 saturated heterocycles. The Morgan fingerprint density at radius 2 is 1.93 bits per heavy atom. The Hall–Kier alpha value is -2.11. The molecule has 27 heavy (non-hydrogen) atoms. The molecule has 5 rings (SSSR count). The third kappa shape index (κ3) is 4.60. The maximum Gasteiger partial charge on any atom is 0.178 e. The van der Waals surface area contributed by atoms with E-state index in [2.05, 4.69) is 44.7 Å². The molecule has 2 aromatic rings. The molecule has 0 aromatic carbocycles. The summed E-state index contributed by atoms with van der Waals surface area (Å²) in [6, 6.07) is 6.50. The molecule has 142 valence electrons. The maximum absolute atomic E-state index is 4.54. The molecule has 2 bridgehead atoms. The molecule has 5 nitrogen and oxygen atoms in total. The summed E-state index contributed by atoms with van der Waals surface area (Å²) in [7, 11) is 0. The topological polar surface area (TPSA) is 45.2 Å². The van der Waals surface area contributed by atoms with Crippen LogP contribution in [0, 0.1) is 5.92 Å². The van der Waals surface area contributed by atoms with Crippen LogP contribution in [-0.2, 0) is 6.54 Å². The Kier molecular flexibility index (Phi) is 5.60. The molecule has 2 atom stereocenters. The van der Waals surface area contributed by atoms with E-state index in [1.807, 2.05) is 30.6 Å². The summed E-state index contributed by atoms with van der Waals surface area (Å²) < 4.78 is 0. The quantitative estimate of drug-likeness (QED) is 0.762. The van der Waals surface area contributed by atoms with Crippen LogP contribution in [-0.4, -0.2) is 57.0 Å². The van der Waals surface area contributed by atoms with Gasteiger partial charge in [-0.2, -0.15) is 0 Å². The zero-order valence-corrected chi connectivity index (χ0v) is 16.4. The molecule has 3 aliphatic rings. The monoisotopic (exact) mass is 363 g/mol. The zero-order valence-electron chi connectivity index (χ0n) is 16.4. The van der Waals surface area contributed by atoms with Crippen molar-refractivity contribution in [2.24, 2.45) is 5.92 Å². The Labute approximate surface area is 162 Å². The Morgan fingerprint density at radius 1 is 1.07 bits per heavy atom. The first kappa shape index (κ1) is 18.3. The van der Waals surface area contributed by atoms with Gasteiger partial charge in [-0.05, 0) is 44.7 Å². The average Bonchev–Trinajstić information content (AvgIpc) is 2.98. The number of piperidine rings is 1. The van der Waals surface area contributed by atoms with Gasteiger partial charge in [-0.3, -0.25) is 14.8 Å². The molecule has 0 aliphatic carbocycles. The second kappa shape index (κ2) is 8.28. The van der Waals surface area contributed by atoms with E-state index >= 15 is 0 Å². The largest absolute Gasteiger partial charge is 0.297 e. The molecule has 0 amide bonds. The lowest BCUT2D eigenvalue weighted by atomic mass is 9.95. The Balaban J connectivity index is 1.41. The number of hydrogen-bond donors (Lipinski definition) is 0. The molecular formula is C22H29N5. The molecule has 3 aliphatic heterocycles. The predicted molar refractivity (Wildman–Crippen MR) is 108 cm³/mol. The lowest BCUT2D eigenvalue weighted by Crippen LogP contribution is -2.43. The smallest absolute Gasteiger partial charge is 0.178 e. The van der Waals surface area contributed by atoms with Crippen LogP contribution in [0.5, 0.6) is 0 Å². The highest BCUT2D eigenvalue weighted by Crippen LogP contribution is 2.28. The van der Waals surface area contributed by atoms with E-state index in [1.54, 1.807) is 6.20 Å². The fourth-order valence-electron chi connectivity index (χ4n) is 4.25. The summed E-state index contributed by atoms with van der Waals surface area (Å²) in [4.78, 5) is 18.7. The van der Waals surface area contributed by atoms with Crippen LogP contribution in [0.15, 0.2) is 48.4 Å². The summed E-state index contributed by atoms with van der Waals surface area (Å²) in [5.41, 5.74) is 3.43. The van der Waals surface area contributed by atoms with Crippen LogP contribution in [0.4, 0.5) is 0 Å². The highest BCUT2D eigenvalue weighted by molar-refractivity contribution is 5.47. The van der Waals surface area contributed by atoms with Crippen molar-refractivity contribution in [3.63, 3.8) is 0 Å².